The van der Waals surface area contributed by atoms with Crippen molar-refractivity contribution >= 4 is 17.4 Å². The van der Waals surface area contributed by atoms with Gasteiger partial charge in [0.05, 0.1) is 19.4 Å². The minimum atomic E-state index is -0.344. The largest absolute Gasteiger partial charge is 0.455 e. The Labute approximate surface area is 146 Å². The molecule has 2 aromatic heterocycles. The Morgan fingerprint density at radius 1 is 1.28 bits per heavy atom. The number of carbonyl (C=O) groups is 1. The maximum atomic E-state index is 11.5. The minimum absolute atomic E-state index is 0.344. The van der Waals surface area contributed by atoms with Gasteiger partial charge in [0, 0.05) is 31.1 Å². The van der Waals surface area contributed by atoms with Crippen LogP contribution in [-0.4, -0.2) is 36.3 Å². The van der Waals surface area contributed by atoms with E-state index in [1.807, 2.05) is 13.0 Å². The molecule has 3 rings (SSSR count). The SMILES string of the molecule is CNC(=O)Nc1cc(Oc2cncc(C)c2)c(C2=CCCOC2)cn1. The Morgan fingerprint density at radius 3 is 2.88 bits per heavy atom. The molecule has 0 fully saturated rings. The standard InChI is InChI=1S/C18H20N4O3/c1-12-6-14(9-20-8-12)25-16-7-17(22-18(23)19-2)21-10-15(16)13-4-3-5-24-11-13/h4,6-10H,3,5,11H2,1-2H3,(H2,19,21,22,23). The fourth-order valence-electron chi connectivity index (χ4n) is 2.46. The molecule has 0 bridgehead atoms. The number of nitrogens with one attached hydrogen (secondary N) is 2. The lowest BCUT2D eigenvalue weighted by molar-refractivity contribution is 0.164. The Balaban J connectivity index is 1.96. The predicted octanol–water partition coefficient (Wildman–Crippen LogP) is 3.13. The number of aryl methyl sites for hydroxylation is 1. The van der Waals surface area contributed by atoms with Crippen molar-refractivity contribution < 1.29 is 14.3 Å². The van der Waals surface area contributed by atoms with Crippen LogP contribution in [0, 0.1) is 6.92 Å². The molecule has 1 aliphatic heterocycles. The summed E-state index contributed by atoms with van der Waals surface area (Å²) in [5, 5.41) is 5.15. The highest BCUT2D eigenvalue weighted by atomic mass is 16.5. The Hall–Kier alpha value is -2.93. The van der Waals surface area contributed by atoms with Gasteiger partial charge >= 0.3 is 6.03 Å². The highest BCUT2D eigenvalue weighted by molar-refractivity contribution is 5.88. The van der Waals surface area contributed by atoms with Crippen LogP contribution in [0.15, 0.2) is 36.8 Å². The number of nitrogens with zero attached hydrogens (tertiary/aromatic N) is 2. The van der Waals surface area contributed by atoms with Gasteiger partial charge in [-0.05, 0) is 30.5 Å². The van der Waals surface area contributed by atoms with E-state index >= 15 is 0 Å². The molecule has 0 radical (unpaired) electrons. The molecule has 0 aromatic carbocycles. The number of ether oxygens (including phenoxy) is 2. The monoisotopic (exact) mass is 340 g/mol. The van der Waals surface area contributed by atoms with Gasteiger partial charge in [-0.1, -0.05) is 6.08 Å². The van der Waals surface area contributed by atoms with E-state index in [9.17, 15) is 4.79 Å². The first kappa shape index (κ1) is 16.9. The predicted molar refractivity (Wildman–Crippen MR) is 94.8 cm³/mol. The number of amides is 2. The van der Waals surface area contributed by atoms with Crippen LogP contribution in [0.25, 0.3) is 5.57 Å². The molecule has 3 heterocycles. The van der Waals surface area contributed by atoms with E-state index in [1.54, 1.807) is 31.7 Å². The maximum Gasteiger partial charge on any atom is 0.320 e. The number of rotatable bonds is 4. The van der Waals surface area contributed by atoms with Crippen LogP contribution < -0.4 is 15.4 Å². The molecular formula is C18H20N4O3. The number of urea groups is 1. The van der Waals surface area contributed by atoms with Crippen molar-refractivity contribution in [2.75, 3.05) is 25.6 Å². The topological polar surface area (TPSA) is 85.4 Å². The van der Waals surface area contributed by atoms with Gasteiger partial charge in [0.25, 0.3) is 0 Å². The number of anilines is 1. The summed E-state index contributed by atoms with van der Waals surface area (Å²) in [6, 6.07) is 3.25. The molecule has 2 amide bonds. The molecule has 0 atom stereocenters. The van der Waals surface area contributed by atoms with Crippen LogP contribution >= 0.6 is 0 Å². The van der Waals surface area contributed by atoms with E-state index < -0.39 is 0 Å². The molecule has 0 unspecified atom stereocenters. The minimum Gasteiger partial charge on any atom is -0.455 e. The lowest BCUT2D eigenvalue weighted by Crippen LogP contribution is -2.25. The van der Waals surface area contributed by atoms with E-state index in [-0.39, 0.29) is 6.03 Å². The molecule has 130 valence electrons. The molecule has 0 spiro atoms. The summed E-state index contributed by atoms with van der Waals surface area (Å²) >= 11 is 0. The molecule has 25 heavy (non-hydrogen) atoms. The second-order valence-corrected chi connectivity index (χ2v) is 5.64. The van der Waals surface area contributed by atoms with Crippen LogP contribution in [0.2, 0.25) is 0 Å². The third kappa shape index (κ3) is 4.33. The van der Waals surface area contributed by atoms with Crippen LogP contribution in [0.1, 0.15) is 17.5 Å². The van der Waals surface area contributed by atoms with Crippen LogP contribution in [0.5, 0.6) is 11.5 Å². The molecule has 2 aromatic rings. The van der Waals surface area contributed by atoms with Gasteiger partial charge in [0.15, 0.2) is 0 Å². The van der Waals surface area contributed by atoms with Crippen molar-refractivity contribution in [3.63, 3.8) is 0 Å². The summed E-state index contributed by atoms with van der Waals surface area (Å²) < 4.78 is 11.6. The third-order valence-corrected chi connectivity index (χ3v) is 3.67. The molecule has 7 heteroatoms. The number of hydrogen-bond acceptors (Lipinski definition) is 5. The Morgan fingerprint density at radius 2 is 2.16 bits per heavy atom. The van der Waals surface area contributed by atoms with E-state index in [2.05, 4.69) is 26.7 Å². The average Bonchev–Trinajstić information content (AvgIpc) is 2.62. The second kappa shape index (κ2) is 7.76. The number of aromatic nitrogens is 2. The van der Waals surface area contributed by atoms with Crippen LogP contribution in [0.4, 0.5) is 10.6 Å². The van der Waals surface area contributed by atoms with E-state index in [1.165, 1.54) is 0 Å². The first-order chi connectivity index (χ1) is 12.2. The molecule has 0 aliphatic carbocycles. The average molecular weight is 340 g/mol. The van der Waals surface area contributed by atoms with E-state index in [0.717, 1.165) is 23.1 Å². The number of hydrogen-bond donors (Lipinski definition) is 2. The summed E-state index contributed by atoms with van der Waals surface area (Å²) in [5.41, 5.74) is 2.85. The van der Waals surface area contributed by atoms with Crippen molar-refractivity contribution in [3.8, 4) is 11.5 Å². The smallest absolute Gasteiger partial charge is 0.320 e. The zero-order valence-electron chi connectivity index (χ0n) is 14.2. The molecular weight excluding hydrogens is 320 g/mol. The summed E-state index contributed by atoms with van der Waals surface area (Å²) in [4.78, 5) is 20.0. The van der Waals surface area contributed by atoms with Gasteiger partial charge in [0.2, 0.25) is 0 Å². The summed E-state index contributed by atoms with van der Waals surface area (Å²) in [6.07, 6.45) is 8.06. The number of pyridine rings is 2. The second-order valence-electron chi connectivity index (χ2n) is 5.64. The quantitative estimate of drug-likeness (QED) is 0.893. The van der Waals surface area contributed by atoms with Crippen molar-refractivity contribution in [2.24, 2.45) is 0 Å². The first-order valence-electron chi connectivity index (χ1n) is 8.01. The third-order valence-electron chi connectivity index (χ3n) is 3.67. The van der Waals surface area contributed by atoms with Crippen molar-refractivity contribution in [1.29, 1.82) is 0 Å². The zero-order valence-corrected chi connectivity index (χ0v) is 14.2. The van der Waals surface area contributed by atoms with Crippen LogP contribution in [0.3, 0.4) is 0 Å². The summed E-state index contributed by atoms with van der Waals surface area (Å²) in [7, 11) is 1.55. The molecule has 0 saturated carbocycles. The normalized spacial score (nSPS) is 13.8. The fraction of sp³-hybridized carbons (Fsp3) is 0.278. The lowest BCUT2D eigenvalue weighted by atomic mass is 10.1. The zero-order chi connectivity index (χ0) is 17.6. The molecule has 0 saturated heterocycles. The molecule has 1 aliphatic rings. The first-order valence-corrected chi connectivity index (χ1v) is 8.01. The molecule has 7 nitrogen and oxygen atoms in total. The van der Waals surface area contributed by atoms with E-state index in [0.29, 0.717) is 30.5 Å². The van der Waals surface area contributed by atoms with Crippen molar-refractivity contribution in [3.05, 3.63) is 47.9 Å². The summed E-state index contributed by atoms with van der Waals surface area (Å²) in [5.74, 6) is 1.61. The molecule has 2 N–H and O–H groups in total. The van der Waals surface area contributed by atoms with Gasteiger partial charge in [0.1, 0.15) is 17.3 Å². The highest BCUT2D eigenvalue weighted by Gasteiger charge is 2.15. The Kier molecular flexibility index (Phi) is 5.25. The van der Waals surface area contributed by atoms with Gasteiger partial charge in [-0.25, -0.2) is 9.78 Å². The Bertz CT molecular complexity index is 805. The van der Waals surface area contributed by atoms with Crippen molar-refractivity contribution in [1.82, 2.24) is 15.3 Å². The van der Waals surface area contributed by atoms with Gasteiger partial charge < -0.3 is 14.8 Å². The van der Waals surface area contributed by atoms with Crippen LogP contribution in [-0.2, 0) is 4.74 Å². The maximum absolute atomic E-state index is 11.5. The van der Waals surface area contributed by atoms with Gasteiger partial charge in [-0.15, -0.1) is 0 Å². The lowest BCUT2D eigenvalue weighted by Gasteiger charge is -2.18. The summed E-state index contributed by atoms with van der Waals surface area (Å²) in [6.45, 7) is 3.17. The number of carbonyl (C=O) groups excluding carboxylic acids is 1. The van der Waals surface area contributed by atoms with Gasteiger partial charge in [-0.3, -0.25) is 10.3 Å². The highest BCUT2D eigenvalue weighted by Crippen LogP contribution is 2.33. The fourth-order valence-corrected chi connectivity index (χ4v) is 2.46. The van der Waals surface area contributed by atoms with Gasteiger partial charge in [-0.2, -0.15) is 0 Å². The van der Waals surface area contributed by atoms with E-state index in [4.69, 9.17) is 9.47 Å². The van der Waals surface area contributed by atoms with Crippen molar-refractivity contribution in [2.45, 2.75) is 13.3 Å².